The van der Waals surface area contributed by atoms with E-state index in [4.69, 9.17) is 0 Å². The number of halogens is 1. The Bertz CT molecular complexity index is 916. The van der Waals surface area contributed by atoms with Crippen molar-refractivity contribution in [2.24, 2.45) is 0 Å². The van der Waals surface area contributed by atoms with Crippen LogP contribution in [-0.2, 0) is 10.0 Å². The van der Waals surface area contributed by atoms with Crippen molar-refractivity contribution in [2.45, 2.75) is 37.8 Å². The fraction of sp³-hybridized carbons (Fsp3) is 0.368. The Morgan fingerprint density at radius 1 is 1.19 bits per heavy atom. The summed E-state index contributed by atoms with van der Waals surface area (Å²) in [5, 5.41) is 2.95. The van der Waals surface area contributed by atoms with Gasteiger partial charge in [-0.25, -0.2) is 17.5 Å². The van der Waals surface area contributed by atoms with Crippen LogP contribution in [0.3, 0.4) is 0 Å². The molecule has 1 aliphatic rings. The molecule has 0 radical (unpaired) electrons. The third-order valence-electron chi connectivity index (χ3n) is 4.54. The van der Waals surface area contributed by atoms with E-state index in [1.54, 1.807) is 24.3 Å². The summed E-state index contributed by atoms with van der Waals surface area (Å²) in [7, 11) is -3.26. The predicted molar refractivity (Wildman–Crippen MR) is 101 cm³/mol. The molecule has 1 amide bonds. The number of benzene rings is 1. The van der Waals surface area contributed by atoms with Gasteiger partial charge < -0.3 is 5.32 Å². The number of carbonyl (C=O) groups excluding carboxylic acids is 1. The van der Waals surface area contributed by atoms with Crippen molar-refractivity contribution < 1.29 is 17.6 Å². The van der Waals surface area contributed by atoms with E-state index in [-0.39, 0.29) is 23.8 Å². The van der Waals surface area contributed by atoms with E-state index in [1.165, 1.54) is 18.3 Å². The number of nitrogens with zero attached hydrogens (tertiary/aromatic N) is 1. The Balaban J connectivity index is 1.62. The SMILES string of the molecule is CS(=O)(=O)N[C@H]1CCC[C@H](NC(=O)c2ccc(-c3cccc(F)c3)nc2)C1. The summed E-state index contributed by atoms with van der Waals surface area (Å²) < 4.78 is 38.7. The molecule has 0 spiro atoms. The standard InChI is InChI=1S/C19H22FN3O3S/c1-27(25,26)23-17-7-3-6-16(11-17)22-19(24)14-8-9-18(21-12-14)13-4-2-5-15(20)10-13/h2,4-5,8-10,12,16-17,23H,3,6-7,11H2,1H3,(H,22,24)/t16-,17-/m0/s1. The summed E-state index contributed by atoms with van der Waals surface area (Å²) in [5.41, 5.74) is 1.64. The molecule has 1 aromatic heterocycles. The van der Waals surface area contributed by atoms with Crippen LogP contribution in [0.5, 0.6) is 0 Å². The van der Waals surface area contributed by atoms with E-state index in [0.717, 1.165) is 25.5 Å². The molecule has 0 unspecified atom stereocenters. The first-order chi connectivity index (χ1) is 12.8. The van der Waals surface area contributed by atoms with E-state index in [9.17, 15) is 17.6 Å². The molecule has 27 heavy (non-hydrogen) atoms. The van der Waals surface area contributed by atoms with Gasteiger partial charge >= 0.3 is 0 Å². The average molecular weight is 391 g/mol. The maximum absolute atomic E-state index is 13.3. The lowest BCUT2D eigenvalue weighted by Gasteiger charge is -2.29. The molecule has 1 fully saturated rings. The fourth-order valence-corrected chi connectivity index (χ4v) is 4.17. The van der Waals surface area contributed by atoms with Gasteiger partial charge in [0.2, 0.25) is 10.0 Å². The Morgan fingerprint density at radius 2 is 1.96 bits per heavy atom. The molecular weight excluding hydrogens is 369 g/mol. The molecule has 1 aromatic carbocycles. The maximum Gasteiger partial charge on any atom is 0.253 e. The van der Waals surface area contributed by atoms with Crippen LogP contribution in [0.25, 0.3) is 11.3 Å². The summed E-state index contributed by atoms with van der Waals surface area (Å²) in [6, 6.07) is 9.19. The molecule has 1 aliphatic carbocycles. The van der Waals surface area contributed by atoms with E-state index < -0.39 is 10.0 Å². The number of sulfonamides is 1. The van der Waals surface area contributed by atoms with Gasteiger partial charge in [-0.15, -0.1) is 0 Å². The molecular formula is C19H22FN3O3S. The lowest BCUT2D eigenvalue weighted by Crippen LogP contribution is -2.45. The first kappa shape index (κ1) is 19.4. The number of aromatic nitrogens is 1. The topological polar surface area (TPSA) is 88.2 Å². The van der Waals surface area contributed by atoms with Crippen LogP contribution in [-0.4, -0.2) is 37.6 Å². The van der Waals surface area contributed by atoms with Gasteiger partial charge in [0.05, 0.1) is 17.5 Å². The molecule has 0 aliphatic heterocycles. The number of hydrogen-bond donors (Lipinski definition) is 2. The van der Waals surface area contributed by atoms with E-state index in [2.05, 4.69) is 15.0 Å². The number of rotatable bonds is 5. The molecule has 1 heterocycles. The Kier molecular flexibility index (Phi) is 5.86. The van der Waals surface area contributed by atoms with Crippen LogP contribution >= 0.6 is 0 Å². The second kappa shape index (κ2) is 8.14. The van der Waals surface area contributed by atoms with Crippen molar-refractivity contribution >= 4 is 15.9 Å². The molecule has 1 saturated carbocycles. The van der Waals surface area contributed by atoms with E-state index in [1.807, 2.05) is 0 Å². The zero-order valence-corrected chi connectivity index (χ0v) is 15.8. The number of amides is 1. The van der Waals surface area contributed by atoms with Gasteiger partial charge in [-0.1, -0.05) is 12.1 Å². The summed E-state index contributed by atoms with van der Waals surface area (Å²) in [4.78, 5) is 16.7. The predicted octanol–water partition coefficient (Wildman–Crippen LogP) is 2.48. The van der Waals surface area contributed by atoms with Crippen molar-refractivity contribution in [3.05, 3.63) is 54.0 Å². The minimum Gasteiger partial charge on any atom is -0.349 e. The lowest BCUT2D eigenvalue weighted by atomic mass is 9.91. The molecule has 2 N–H and O–H groups in total. The third-order valence-corrected chi connectivity index (χ3v) is 5.30. The Morgan fingerprint density at radius 3 is 2.63 bits per heavy atom. The first-order valence-corrected chi connectivity index (χ1v) is 10.7. The zero-order valence-electron chi connectivity index (χ0n) is 15.0. The largest absolute Gasteiger partial charge is 0.349 e. The number of hydrogen-bond acceptors (Lipinski definition) is 4. The molecule has 2 atom stereocenters. The highest BCUT2D eigenvalue weighted by atomic mass is 32.2. The van der Waals surface area contributed by atoms with Crippen LogP contribution in [0, 0.1) is 5.82 Å². The number of nitrogens with one attached hydrogen (secondary N) is 2. The van der Waals surface area contributed by atoms with Crippen molar-refractivity contribution in [2.75, 3.05) is 6.26 Å². The fourth-order valence-electron chi connectivity index (χ4n) is 3.35. The van der Waals surface area contributed by atoms with Gasteiger partial charge in [-0.2, -0.15) is 0 Å². The van der Waals surface area contributed by atoms with Crippen LogP contribution in [0.15, 0.2) is 42.6 Å². The highest BCUT2D eigenvalue weighted by molar-refractivity contribution is 7.88. The average Bonchev–Trinajstić information content (AvgIpc) is 2.61. The highest BCUT2D eigenvalue weighted by Crippen LogP contribution is 2.21. The summed E-state index contributed by atoms with van der Waals surface area (Å²) >= 11 is 0. The molecule has 0 saturated heterocycles. The van der Waals surface area contributed by atoms with E-state index in [0.29, 0.717) is 23.2 Å². The van der Waals surface area contributed by atoms with Crippen LogP contribution < -0.4 is 10.0 Å². The molecule has 8 heteroatoms. The summed E-state index contributed by atoms with van der Waals surface area (Å²) in [6.45, 7) is 0. The van der Waals surface area contributed by atoms with Gasteiger partial charge in [0.1, 0.15) is 5.82 Å². The second-order valence-corrected chi connectivity index (χ2v) is 8.65. The van der Waals surface area contributed by atoms with Crippen molar-refractivity contribution in [3.8, 4) is 11.3 Å². The lowest BCUT2D eigenvalue weighted by molar-refractivity contribution is 0.0924. The van der Waals surface area contributed by atoms with Crippen molar-refractivity contribution in [1.29, 1.82) is 0 Å². The summed E-state index contributed by atoms with van der Waals surface area (Å²) in [5.74, 6) is -0.594. The van der Waals surface area contributed by atoms with Crippen molar-refractivity contribution in [1.82, 2.24) is 15.0 Å². The van der Waals surface area contributed by atoms with Gasteiger partial charge in [-0.05, 0) is 49.9 Å². The van der Waals surface area contributed by atoms with Gasteiger partial charge in [-0.3, -0.25) is 9.78 Å². The molecule has 2 aromatic rings. The first-order valence-electron chi connectivity index (χ1n) is 8.80. The third kappa shape index (κ3) is 5.58. The minimum absolute atomic E-state index is 0.0894. The Hall–Kier alpha value is -2.32. The summed E-state index contributed by atoms with van der Waals surface area (Å²) in [6.07, 6.45) is 5.58. The molecule has 6 nitrogen and oxygen atoms in total. The van der Waals surface area contributed by atoms with Gasteiger partial charge in [0.15, 0.2) is 0 Å². The van der Waals surface area contributed by atoms with Crippen molar-refractivity contribution in [3.63, 3.8) is 0 Å². The number of carbonyl (C=O) groups is 1. The van der Waals surface area contributed by atoms with Crippen LogP contribution in [0.2, 0.25) is 0 Å². The molecule has 3 rings (SSSR count). The second-order valence-electron chi connectivity index (χ2n) is 6.87. The van der Waals surface area contributed by atoms with Gasteiger partial charge in [0.25, 0.3) is 5.91 Å². The monoisotopic (exact) mass is 391 g/mol. The van der Waals surface area contributed by atoms with Crippen LogP contribution in [0.4, 0.5) is 4.39 Å². The van der Waals surface area contributed by atoms with E-state index >= 15 is 0 Å². The number of pyridine rings is 1. The van der Waals surface area contributed by atoms with Crippen LogP contribution in [0.1, 0.15) is 36.0 Å². The van der Waals surface area contributed by atoms with Gasteiger partial charge in [0, 0.05) is 23.8 Å². The maximum atomic E-state index is 13.3. The minimum atomic E-state index is -3.26. The quantitative estimate of drug-likeness (QED) is 0.820. The zero-order chi connectivity index (χ0) is 19.4. The molecule has 0 bridgehead atoms. The normalized spacial score (nSPS) is 20.2. The highest BCUT2D eigenvalue weighted by Gasteiger charge is 2.25. The smallest absolute Gasteiger partial charge is 0.253 e. The molecule has 144 valence electrons. The Labute approximate surface area is 158 Å².